The van der Waals surface area contributed by atoms with Gasteiger partial charge in [-0.05, 0) is 25.3 Å². The monoisotopic (exact) mass is 189 g/mol. The predicted octanol–water partition coefficient (Wildman–Crippen LogP) is 3.13. The normalized spacial score (nSPS) is 12.1. The van der Waals surface area contributed by atoms with Crippen molar-refractivity contribution in [3.8, 4) is 0 Å². The molecule has 0 spiro atoms. The highest BCUT2D eigenvalue weighted by Gasteiger charge is 2.05. The van der Waals surface area contributed by atoms with Crippen LogP contribution in [0.2, 0.25) is 0 Å². The number of allylic oxidation sites excluding steroid dienone is 1. The van der Waals surface area contributed by atoms with Gasteiger partial charge in [0.15, 0.2) is 0 Å². The molecule has 1 aromatic rings. The zero-order valence-corrected chi connectivity index (χ0v) is 9.09. The number of hydrogen-bond acceptors (Lipinski definition) is 1. The second-order valence-corrected chi connectivity index (χ2v) is 3.72. The van der Waals surface area contributed by atoms with Gasteiger partial charge in [0.25, 0.3) is 0 Å². The molecule has 0 amide bonds. The van der Waals surface area contributed by atoms with E-state index < -0.39 is 0 Å². The second kappa shape index (κ2) is 5.48. The molecular formula is C13H19N. The molecule has 0 aromatic heterocycles. The second-order valence-electron chi connectivity index (χ2n) is 3.72. The molecular weight excluding hydrogens is 170 g/mol. The van der Waals surface area contributed by atoms with Crippen molar-refractivity contribution >= 4 is 0 Å². The molecule has 14 heavy (non-hydrogen) atoms. The van der Waals surface area contributed by atoms with Crippen molar-refractivity contribution in [1.29, 1.82) is 0 Å². The van der Waals surface area contributed by atoms with Gasteiger partial charge in [0.2, 0.25) is 0 Å². The average Bonchev–Trinajstić information content (AvgIpc) is 2.17. The van der Waals surface area contributed by atoms with Crippen LogP contribution in [0.3, 0.4) is 0 Å². The van der Waals surface area contributed by atoms with Crippen molar-refractivity contribution in [2.24, 2.45) is 0 Å². The van der Waals surface area contributed by atoms with Crippen LogP contribution >= 0.6 is 0 Å². The number of benzene rings is 1. The molecule has 0 aliphatic rings. The van der Waals surface area contributed by atoms with Gasteiger partial charge in [-0.2, -0.15) is 0 Å². The Balaban J connectivity index is 2.53. The lowest BCUT2D eigenvalue weighted by Gasteiger charge is -2.17. The number of rotatable bonds is 5. The Hall–Kier alpha value is -1.24. The lowest BCUT2D eigenvalue weighted by molar-refractivity contribution is 0.547. The molecule has 1 unspecified atom stereocenters. The number of nitrogens with one attached hydrogen (secondary N) is 1. The van der Waals surface area contributed by atoms with E-state index >= 15 is 0 Å². The van der Waals surface area contributed by atoms with E-state index in [1.54, 1.807) is 0 Å². The fourth-order valence-electron chi connectivity index (χ4n) is 1.54. The van der Waals surface area contributed by atoms with Gasteiger partial charge in [0, 0.05) is 11.7 Å². The molecule has 1 heteroatoms. The van der Waals surface area contributed by atoms with Gasteiger partial charge in [0.05, 0.1) is 0 Å². The van der Waals surface area contributed by atoms with Crippen molar-refractivity contribution < 1.29 is 0 Å². The van der Waals surface area contributed by atoms with Gasteiger partial charge in [-0.25, -0.2) is 0 Å². The van der Waals surface area contributed by atoms with Crippen molar-refractivity contribution in [3.05, 3.63) is 48.2 Å². The molecule has 0 heterocycles. The summed E-state index contributed by atoms with van der Waals surface area (Å²) in [7, 11) is 0. The Morgan fingerprint density at radius 3 is 2.50 bits per heavy atom. The fraction of sp³-hybridized carbons (Fsp3) is 0.385. The van der Waals surface area contributed by atoms with Crippen LogP contribution in [-0.4, -0.2) is 6.04 Å². The van der Waals surface area contributed by atoms with E-state index in [-0.39, 0.29) is 0 Å². The Morgan fingerprint density at radius 2 is 2.00 bits per heavy atom. The maximum Gasteiger partial charge on any atom is 0.0295 e. The molecule has 0 fully saturated rings. The first-order valence-electron chi connectivity index (χ1n) is 5.18. The molecule has 0 radical (unpaired) electrons. The van der Waals surface area contributed by atoms with Gasteiger partial charge in [-0.3, -0.25) is 0 Å². The minimum Gasteiger partial charge on any atom is -0.386 e. The highest BCUT2D eigenvalue weighted by atomic mass is 14.9. The zero-order valence-electron chi connectivity index (χ0n) is 9.09. The number of hydrogen-bond donors (Lipinski definition) is 1. The van der Waals surface area contributed by atoms with Crippen LogP contribution in [-0.2, 0) is 6.42 Å². The quantitative estimate of drug-likeness (QED) is 0.750. The molecule has 1 nitrogen and oxygen atoms in total. The van der Waals surface area contributed by atoms with E-state index in [9.17, 15) is 0 Å². The first-order chi connectivity index (χ1) is 6.72. The lowest BCUT2D eigenvalue weighted by Crippen LogP contribution is -2.28. The summed E-state index contributed by atoms with van der Waals surface area (Å²) < 4.78 is 0. The smallest absolute Gasteiger partial charge is 0.0295 e. The van der Waals surface area contributed by atoms with Crippen LogP contribution in [0.1, 0.15) is 25.8 Å². The van der Waals surface area contributed by atoms with Crippen LogP contribution in [0, 0.1) is 0 Å². The summed E-state index contributed by atoms with van der Waals surface area (Å²) in [5.41, 5.74) is 2.43. The van der Waals surface area contributed by atoms with Crippen molar-refractivity contribution in [2.75, 3.05) is 0 Å². The van der Waals surface area contributed by atoms with Gasteiger partial charge in [-0.1, -0.05) is 43.8 Å². The van der Waals surface area contributed by atoms with Gasteiger partial charge >= 0.3 is 0 Å². The van der Waals surface area contributed by atoms with Crippen molar-refractivity contribution in [1.82, 2.24) is 5.32 Å². The third-order valence-electron chi connectivity index (χ3n) is 2.27. The molecule has 1 N–H and O–H groups in total. The lowest BCUT2D eigenvalue weighted by atomic mass is 10.0. The summed E-state index contributed by atoms with van der Waals surface area (Å²) in [6.07, 6.45) is 2.20. The summed E-state index contributed by atoms with van der Waals surface area (Å²) in [6, 6.07) is 11.1. The van der Waals surface area contributed by atoms with Crippen molar-refractivity contribution in [3.63, 3.8) is 0 Å². The summed E-state index contributed by atoms with van der Waals surface area (Å²) >= 11 is 0. The third-order valence-corrected chi connectivity index (χ3v) is 2.27. The molecule has 0 saturated carbocycles. The minimum absolute atomic E-state index is 0.509. The molecule has 1 aromatic carbocycles. The Kier molecular flexibility index (Phi) is 4.24. The molecule has 1 rings (SSSR count). The topological polar surface area (TPSA) is 12.0 Å². The van der Waals surface area contributed by atoms with Gasteiger partial charge in [0.1, 0.15) is 0 Å². The standard InChI is InChI=1S/C13H19N/c1-4-13(14-11(2)3)10-12-8-6-5-7-9-12/h5-9,13-14H,2,4,10H2,1,3H3. The molecule has 1 atom stereocenters. The van der Waals surface area contributed by atoms with E-state index in [2.05, 4.69) is 49.2 Å². The first-order valence-corrected chi connectivity index (χ1v) is 5.18. The largest absolute Gasteiger partial charge is 0.386 e. The van der Waals surface area contributed by atoms with Crippen LogP contribution < -0.4 is 5.32 Å². The van der Waals surface area contributed by atoms with Crippen LogP contribution in [0.5, 0.6) is 0 Å². The van der Waals surface area contributed by atoms with Gasteiger partial charge < -0.3 is 5.32 Å². The molecule has 0 bridgehead atoms. The van der Waals surface area contributed by atoms with Gasteiger partial charge in [-0.15, -0.1) is 0 Å². The Morgan fingerprint density at radius 1 is 1.36 bits per heavy atom. The molecule has 0 aliphatic carbocycles. The summed E-state index contributed by atoms with van der Waals surface area (Å²) in [4.78, 5) is 0. The maximum atomic E-state index is 3.87. The summed E-state index contributed by atoms with van der Waals surface area (Å²) in [5, 5.41) is 3.38. The molecule has 0 aliphatic heterocycles. The molecule has 76 valence electrons. The van der Waals surface area contributed by atoms with E-state index in [1.165, 1.54) is 5.56 Å². The van der Waals surface area contributed by atoms with E-state index in [4.69, 9.17) is 0 Å². The van der Waals surface area contributed by atoms with E-state index in [0.717, 1.165) is 18.5 Å². The Labute approximate surface area is 86.8 Å². The Bertz CT molecular complexity index is 277. The first kappa shape index (κ1) is 10.8. The predicted molar refractivity (Wildman–Crippen MR) is 62.2 cm³/mol. The third kappa shape index (κ3) is 3.65. The van der Waals surface area contributed by atoms with E-state index in [1.807, 2.05) is 6.92 Å². The minimum atomic E-state index is 0.509. The summed E-state index contributed by atoms with van der Waals surface area (Å²) in [6.45, 7) is 8.08. The van der Waals surface area contributed by atoms with Crippen molar-refractivity contribution in [2.45, 2.75) is 32.7 Å². The average molecular weight is 189 g/mol. The fourth-order valence-corrected chi connectivity index (χ4v) is 1.54. The highest BCUT2D eigenvalue weighted by molar-refractivity contribution is 5.16. The molecule has 0 saturated heterocycles. The SMILES string of the molecule is C=C(C)NC(CC)Cc1ccccc1. The van der Waals surface area contributed by atoms with Crippen LogP contribution in [0.25, 0.3) is 0 Å². The van der Waals surface area contributed by atoms with Crippen LogP contribution in [0.4, 0.5) is 0 Å². The van der Waals surface area contributed by atoms with E-state index in [0.29, 0.717) is 6.04 Å². The van der Waals surface area contributed by atoms with Crippen LogP contribution in [0.15, 0.2) is 42.6 Å². The summed E-state index contributed by atoms with van der Waals surface area (Å²) in [5.74, 6) is 0. The highest BCUT2D eigenvalue weighted by Crippen LogP contribution is 2.06. The zero-order chi connectivity index (χ0) is 10.4. The maximum absolute atomic E-state index is 3.87.